The third kappa shape index (κ3) is 13.5. The maximum atomic E-state index is 11.9. The Hall–Kier alpha value is -3.96. The van der Waals surface area contributed by atoms with E-state index < -0.39 is 45.0 Å². The topological polar surface area (TPSA) is 169 Å². The molecule has 12 heteroatoms. The van der Waals surface area contributed by atoms with E-state index in [0.717, 1.165) is 0 Å². The van der Waals surface area contributed by atoms with Crippen LogP contribution in [0, 0.1) is 34.0 Å². The van der Waals surface area contributed by atoms with Crippen molar-refractivity contribution in [3.05, 3.63) is 38.0 Å². The lowest BCUT2D eigenvalue weighted by Gasteiger charge is -2.21. The van der Waals surface area contributed by atoms with Gasteiger partial charge in [-0.15, -0.1) is 19.7 Å². The maximum Gasteiger partial charge on any atom is 0.313 e. The van der Waals surface area contributed by atoms with Crippen LogP contribution in [0.3, 0.4) is 0 Å². The second-order valence-electron chi connectivity index (χ2n) is 16.6. The number of aliphatic carboxylic acids is 1. The Labute approximate surface area is 309 Å². The Morgan fingerprint density at radius 3 is 1.00 bits per heavy atom. The number of ether oxygens (including phenoxy) is 5. The Morgan fingerprint density at radius 2 is 0.808 bits per heavy atom. The zero-order chi connectivity index (χ0) is 40.5. The molecule has 0 aliphatic heterocycles. The van der Waals surface area contributed by atoms with Crippen LogP contribution < -0.4 is 0 Å². The number of rotatable bonds is 14. The number of carbonyl (C=O) groups is 6. The molecule has 1 N–H and O–H groups in total. The monoisotopic (exact) mass is 734 g/mol. The average molecular weight is 735 g/mol. The standard InChI is InChI=1S/2C14H22O4.C12H18O4/c2*1-6-10-8-14(10,12(16)17-7-2)9-11(15)18-13(3,4)5;1-5-8-6-12(8,10(14)15)7-9(13)16-11(2,3)4/h2*6,10H,1,7-9H2,2-5H3;5,8H,1,6-7H2,2-4H3,(H,14,15)/t2*10-,14-;8-,12-/m100/s1. The quantitative estimate of drug-likeness (QED) is 0.111. The lowest BCUT2D eigenvalue weighted by atomic mass is 9.99. The van der Waals surface area contributed by atoms with Crippen molar-refractivity contribution in [2.24, 2.45) is 34.0 Å². The maximum absolute atomic E-state index is 11.9. The number of hydrogen-bond donors (Lipinski definition) is 1. The summed E-state index contributed by atoms with van der Waals surface area (Å²) in [5.74, 6) is -2.84. The van der Waals surface area contributed by atoms with Gasteiger partial charge in [0.15, 0.2) is 0 Å². The minimum absolute atomic E-state index is 0.0177. The molecule has 0 heterocycles. The van der Waals surface area contributed by atoms with E-state index in [1.165, 1.54) is 0 Å². The molecular formula is C40H62O12. The molecule has 0 amide bonds. The first kappa shape index (κ1) is 46.1. The van der Waals surface area contributed by atoms with Crippen LogP contribution >= 0.6 is 0 Å². The zero-order valence-electron chi connectivity index (χ0n) is 33.2. The van der Waals surface area contributed by atoms with Crippen molar-refractivity contribution in [1.29, 1.82) is 0 Å². The number of hydrogen-bond acceptors (Lipinski definition) is 11. The van der Waals surface area contributed by atoms with Crippen molar-refractivity contribution in [2.75, 3.05) is 13.2 Å². The van der Waals surface area contributed by atoms with Gasteiger partial charge in [-0.2, -0.15) is 0 Å². The van der Waals surface area contributed by atoms with Gasteiger partial charge in [-0.25, -0.2) is 0 Å². The van der Waals surface area contributed by atoms with Crippen molar-refractivity contribution in [2.45, 2.75) is 131 Å². The summed E-state index contributed by atoms with van der Waals surface area (Å²) in [6, 6.07) is 0. The summed E-state index contributed by atoms with van der Waals surface area (Å²) in [7, 11) is 0. The molecule has 3 aliphatic carbocycles. The third-order valence-corrected chi connectivity index (χ3v) is 8.68. The van der Waals surface area contributed by atoms with E-state index in [-0.39, 0.29) is 60.9 Å². The minimum atomic E-state index is -0.968. The zero-order valence-corrected chi connectivity index (χ0v) is 33.2. The van der Waals surface area contributed by atoms with E-state index >= 15 is 0 Å². The summed E-state index contributed by atoms with van der Waals surface area (Å²) in [5, 5.41) is 9.10. The lowest BCUT2D eigenvalue weighted by Crippen LogP contribution is -2.30. The van der Waals surface area contributed by atoms with Crippen molar-refractivity contribution < 1.29 is 57.6 Å². The Bertz CT molecular complexity index is 1290. The van der Waals surface area contributed by atoms with Crippen molar-refractivity contribution in [3.8, 4) is 0 Å². The third-order valence-electron chi connectivity index (χ3n) is 8.68. The van der Waals surface area contributed by atoms with Gasteiger partial charge in [0.25, 0.3) is 0 Å². The Kier molecular flexibility index (Phi) is 15.7. The van der Waals surface area contributed by atoms with Crippen LogP contribution in [0.25, 0.3) is 0 Å². The van der Waals surface area contributed by atoms with Crippen LogP contribution in [0.15, 0.2) is 38.0 Å². The minimum Gasteiger partial charge on any atom is -0.481 e. The van der Waals surface area contributed by atoms with Crippen LogP contribution in [0.2, 0.25) is 0 Å². The number of esters is 5. The van der Waals surface area contributed by atoms with Crippen molar-refractivity contribution in [3.63, 3.8) is 0 Å². The molecule has 0 aromatic rings. The van der Waals surface area contributed by atoms with Gasteiger partial charge in [-0.3, -0.25) is 28.8 Å². The molecular weight excluding hydrogens is 672 g/mol. The summed E-state index contributed by atoms with van der Waals surface area (Å²) >= 11 is 0. The number of allylic oxidation sites excluding steroid dienone is 3. The van der Waals surface area contributed by atoms with E-state index in [1.807, 2.05) is 0 Å². The average Bonchev–Trinajstić information content (AvgIpc) is 3.90. The van der Waals surface area contributed by atoms with E-state index in [0.29, 0.717) is 32.5 Å². The molecule has 0 bridgehead atoms. The summed E-state index contributed by atoms with van der Waals surface area (Å²) in [4.78, 5) is 70.1. The second kappa shape index (κ2) is 17.7. The van der Waals surface area contributed by atoms with Gasteiger partial charge in [0.1, 0.15) is 16.8 Å². The van der Waals surface area contributed by atoms with Gasteiger partial charge in [-0.1, -0.05) is 18.2 Å². The van der Waals surface area contributed by atoms with Gasteiger partial charge in [-0.05, 0) is 113 Å². The van der Waals surface area contributed by atoms with Crippen LogP contribution in [-0.2, 0) is 52.5 Å². The second-order valence-corrected chi connectivity index (χ2v) is 16.6. The molecule has 294 valence electrons. The first-order valence-electron chi connectivity index (χ1n) is 17.8. The normalized spacial score (nSPS) is 26.9. The highest BCUT2D eigenvalue weighted by atomic mass is 16.6. The highest BCUT2D eigenvalue weighted by molar-refractivity contribution is 5.88. The Morgan fingerprint density at radius 1 is 0.558 bits per heavy atom. The number of carboxylic acids is 1. The smallest absolute Gasteiger partial charge is 0.313 e. The van der Waals surface area contributed by atoms with Crippen LogP contribution in [0.1, 0.15) is 115 Å². The molecule has 0 spiro atoms. The molecule has 0 radical (unpaired) electrons. The molecule has 12 nitrogen and oxygen atoms in total. The predicted octanol–water partition coefficient (Wildman–Crippen LogP) is 6.94. The van der Waals surface area contributed by atoms with E-state index in [4.69, 9.17) is 28.8 Å². The summed E-state index contributed by atoms with van der Waals surface area (Å²) in [6.07, 6.45) is 6.80. The molecule has 0 aromatic heterocycles. The Balaban J connectivity index is 0.000000391. The van der Waals surface area contributed by atoms with Crippen LogP contribution in [0.4, 0.5) is 0 Å². The van der Waals surface area contributed by atoms with Gasteiger partial charge in [0, 0.05) is 0 Å². The van der Waals surface area contributed by atoms with Gasteiger partial charge in [0.2, 0.25) is 0 Å². The van der Waals surface area contributed by atoms with Gasteiger partial charge in [0.05, 0.1) is 48.7 Å². The molecule has 3 aliphatic rings. The molecule has 0 saturated heterocycles. The van der Waals surface area contributed by atoms with Crippen molar-refractivity contribution >= 4 is 35.8 Å². The van der Waals surface area contributed by atoms with Gasteiger partial charge >= 0.3 is 35.8 Å². The fourth-order valence-corrected chi connectivity index (χ4v) is 5.93. The molecule has 3 saturated carbocycles. The number of carbonyl (C=O) groups excluding carboxylic acids is 5. The highest BCUT2D eigenvalue weighted by Crippen LogP contribution is 2.58. The largest absolute Gasteiger partial charge is 0.481 e. The highest BCUT2D eigenvalue weighted by Gasteiger charge is 2.62. The molecule has 52 heavy (non-hydrogen) atoms. The van der Waals surface area contributed by atoms with Crippen LogP contribution in [-0.4, -0.2) is 70.9 Å². The van der Waals surface area contributed by atoms with Crippen molar-refractivity contribution in [1.82, 2.24) is 0 Å². The van der Waals surface area contributed by atoms with Gasteiger partial charge < -0.3 is 28.8 Å². The molecule has 0 aromatic carbocycles. The predicted molar refractivity (Wildman–Crippen MR) is 194 cm³/mol. The molecule has 3 fully saturated rings. The van der Waals surface area contributed by atoms with E-state index in [1.54, 1.807) is 94.4 Å². The first-order chi connectivity index (χ1) is 23.7. The molecule has 6 atom stereocenters. The SMILES string of the molecule is C=C[C@@H]1C[C@]1(CC(=O)OC(C)(C)C)C(=O)OCC.C=C[C@H]1C[C@@]1(CC(=O)OC(C)(C)C)C(=O)O.C=C[C@H]1C[C@@]1(CC(=O)OC(C)(C)C)C(=O)OCC. The van der Waals surface area contributed by atoms with E-state index in [2.05, 4.69) is 19.7 Å². The lowest BCUT2D eigenvalue weighted by molar-refractivity contribution is -0.163. The number of carboxylic acid groups (broad SMARTS) is 1. The summed E-state index contributed by atoms with van der Waals surface area (Å²) in [5.41, 5.74) is -4.09. The molecule has 0 unspecified atom stereocenters. The first-order valence-corrected chi connectivity index (χ1v) is 17.8. The van der Waals surface area contributed by atoms with E-state index in [9.17, 15) is 28.8 Å². The summed E-state index contributed by atoms with van der Waals surface area (Å²) < 4.78 is 25.7. The molecule has 3 rings (SSSR count). The fraction of sp³-hybridized carbons (Fsp3) is 0.700. The van der Waals surface area contributed by atoms with Crippen LogP contribution in [0.5, 0.6) is 0 Å². The fourth-order valence-electron chi connectivity index (χ4n) is 5.93. The summed E-state index contributed by atoms with van der Waals surface area (Å²) in [6.45, 7) is 31.2.